The Morgan fingerprint density at radius 1 is 0.911 bits per heavy atom. The van der Waals surface area contributed by atoms with E-state index in [9.17, 15) is 9.59 Å². The quantitative estimate of drug-likeness (QED) is 0.157. The molecule has 45 heavy (non-hydrogen) atoms. The second-order valence-corrected chi connectivity index (χ2v) is 11.6. The Bertz CT molecular complexity index is 1490. The zero-order valence-corrected chi connectivity index (χ0v) is 26.7. The van der Waals surface area contributed by atoms with Crippen LogP contribution in [0.1, 0.15) is 51.3 Å². The molecule has 3 aromatic carbocycles. The largest absolute Gasteiger partial charge is 0.488 e. The summed E-state index contributed by atoms with van der Waals surface area (Å²) in [5, 5.41) is 11.0. The Kier molecular flexibility index (Phi) is 11.9. The van der Waals surface area contributed by atoms with Crippen molar-refractivity contribution in [3.8, 4) is 5.75 Å². The van der Waals surface area contributed by atoms with Gasteiger partial charge in [-0.1, -0.05) is 60.7 Å². The second-order valence-electron chi connectivity index (χ2n) is 11.6. The molecule has 1 unspecified atom stereocenters. The number of fused-ring (bicyclic) bond motifs is 1. The van der Waals surface area contributed by atoms with Gasteiger partial charge < -0.3 is 29.2 Å². The number of nitrogens with zero attached hydrogens (tertiary/aromatic N) is 2. The van der Waals surface area contributed by atoms with Crippen LogP contribution in [0.3, 0.4) is 0 Å². The lowest BCUT2D eigenvalue weighted by atomic mass is 10.0. The molecule has 0 fully saturated rings. The molecule has 2 amide bonds. The van der Waals surface area contributed by atoms with Gasteiger partial charge in [0, 0.05) is 31.6 Å². The molecule has 2 N–H and O–H groups in total. The number of amides is 2. The predicted molar refractivity (Wildman–Crippen MR) is 173 cm³/mol. The number of ether oxygens (including phenoxy) is 4. The third-order valence-electron chi connectivity index (χ3n) is 6.90. The first-order valence-corrected chi connectivity index (χ1v) is 15.3. The fourth-order valence-electron chi connectivity index (χ4n) is 4.92. The third-order valence-corrected chi connectivity index (χ3v) is 6.90. The molecule has 0 aliphatic carbocycles. The zero-order valence-electron chi connectivity index (χ0n) is 26.7. The van der Waals surface area contributed by atoms with Crippen molar-refractivity contribution in [2.75, 3.05) is 19.8 Å². The summed E-state index contributed by atoms with van der Waals surface area (Å²) in [6.45, 7) is 11.0. The lowest BCUT2D eigenvalue weighted by Crippen LogP contribution is -2.51. The van der Waals surface area contributed by atoms with Crippen molar-refractivity contribution in [1.82, 2.24) is 20.4 Å². The summed E-state index contributed by atoms with van der Waals surface area (Å²) in [5.74, 6) is 0.414. The second kappa shape index (κ2) is 16.1. The summed E-state index contributed by atoms with van der Waals surface area (Å²) >= 11 is 0. The van der Waals surface area contributed by atoms with Gasteiger partial charge in [-0.05, 0) is 63.4 Å². The van der Waals surface area contributed by atoms with Crippen molar-refractivity contribution in [3.63, 3.8) is 0 Å². The van der Waals surface area contributed by atoms with Crippen molar-refractivity contribution >= 4 is 22.9 Å². The minimum atomic E-state index is -0.937. The molecule has 4 aromatic rings. The first-order valence-electron chi connectivity index (χ1n) is 15.3. The molecule has 0 spiro atoms. The average Bonchev–Trinajstić information content (AvgIpc) is 3.50. The molecule has 0 aliphatic rings. The van der Waals surface area contributed by atoms with Gasteiger partial charge in [-0.2, -0.15) is 5.10 Å². The summed E-state index contributed by atoms with van der Waals surface area (Å²) in [6, 6.07) is 21.8. The van der Waals surface area contributed by atoms with Crippen LogP contribution in [-0.2, 0) is 38.6 Å². The standard InChI is InChI=1S/C35H44N4O6/c1-6-42-31(43-7-2)23-39(22-28-15-11-14-27-21-36-38-32(27)28)33(40)30(37-34(41)44-24-26-12-9-8-10-13-26)20-25-16-18-29(19-17-25)45-35(3,4)5/h8-19,21,30-31H,6-7,20,22-24H2,1-5H3,(H,36,38)(H,37,41). The third kappa shape index (κ3) is 10.3. The number of alkyl carbamates (subject to hydrolysis) is 1. The van der Waals surface area contributed by atoms with Gasteiger partial charge in [-0.25, -0.2) is 4.79 Å². The number of rotatable bonds is 15. The Morgan fingerprint density at radius 2 is 1.62 bits per heavy atom. The number of nitrogens with one attached hydrogen (secondary N) is 2. The fraction of sp³-hybridized carbons (Fsp3) is 0.400. The minimum Gasteiger partial charge on any atom is -0.488 e. The molecule has 10 nitrogen and oxygen atoms in total. The van der Waals surface area contributed by atoms with Gasteiger partial charge in [0.1, 0.15) is 24.0 Å². The first kappa shape index (κ1) is 33.5. The van der Waals surface area contributed by atoms with Gasteiger partial charge in [0.25, 0.3) is 0 Å². The monoisotopic (exact) mass is 616 g/mol. The van der Waals surface area contributed by atoms with Gasteiger partial charge >= 0.3 is 6.09 Å². The van der Waals surface area contributed by atoms with E-state index in [-0.39, 0.29) is 37.6 Å². The van der Waals surface area contributed by atoms with Crippen molar-refractivity contribution < 1.29 is 28.5 Å². The smallest absolute Gasteiger partial charge is 0.408 e. The minimum absolute atomic E-state index is 0.0781. The van der Waals surface area contributed by atoms with Gasteiger partial charge in [-0.3, -0.25) is 9.89 Å². The Balaban J connectivity index is 1.61. The molecule has 1 heterocycles. The Hall–Kier alpha value is -4.41. The van der Waals surface area contributed by atoms with Gasteiger partial charge in [0.05, 0.1) is 18.3 Å². The van der Waals surface area contributed by atoms with Gasteiger partial charge in [-0.15, -0.1) is 0 Å². The topological polar surface area (TPSA) is 115 Å². The van der Waals surface area contributed by atoms with Gasteiger partial charge in [0.2, 0.25) is 5.91 Å². The summed E-state index contributed by atoms with van der Waals surface area (Å²) < 4.78 is 23.2. The van der Waals surface area contributed by atoms with E-state index in [1.165, 1.54) is 0 Å². The normalized spacial score (nSPS) is 12.2. The fourth-order valence-corrected chi connectivity index (χ4v) is 4.92. The molecule has 0 radical (unpaired) electrons. The predicted octanol–water partition coefficient (Wildman–Crippen LogP) is 6.01. The van der Waals surface area contributed by atoms with Crippen molar-refractivity contribution in [2.45, 2.75) is 72.1 Å². The molecule has 0 saturated carbocycles. The van der Waals surface area contributed by atoms with E-state index in [1.807, 2.05) is 107 Å². The molecule has 4 rings (SSSR count). The van der Waals surface area contributed by atoms with Crippen molar-refractivity contribution in [2.24, 2.45) is 0 Å². The molecule has 0 aliphatic heterocycles. The number of H-pyrrole nitrogens is 1. The van der Waals surface area contributed by atoms with Crippen LogP contribution in [0.15, 0.2) is 79.0 Å². The average molecular weight is 617 g/mol. The van der Waals surface area contributed by atoms with Crippen LogP contribution >= 0.6 is 0 Å². The van der Waals surface area contributed by atoms with E-state index in [0.717, 1.165) is 33.3 Å². The maximum atomic E-state index is 14.4. The summed E-state index contributed by atoms with van der Waals surface area (Å²) in [4.78, 5) is 29.2. The van der Waals surface area contributed by atoms with Crippen LogP contribution in [0.5, 0.6) is 5.75 Å². The zero-order chi connectivity index (χ0) is 32.2. The summed E-state index contributed by atoms with van der Waals surface area (Å²) in [6.07, 6.45) is 0.637. The lowest BCUT2D eigenvalue weighted by Gasteiger charge is -2.31. The summed E-state index contributed by atoms with van der Waals surface area (Å²) in [7, 11) is 0. The van der Waals surface area contributed by atoms with E-state index < -0.39 is 18.4 Å². The number of aromatic amines is 1. The van der Waals surface area contributed by atoms with E-state index in [0.29, 0.717) is 13.2 Å². The van der Waals surface area contributed by atoms with Crippen LogP contribution < -0.4 is 10.1 Å². The Labute approximate surface area is 265 Å². The highest BCUT2D eigenvalue weighted by molar-refractivity contribution is 5.87. The highest BCUT2D eigenvalue weighted by Crippen LogP contribution is 2.22. The molecular formula is C35H44N4O6. The maximum absolute atomic E-state index is 14.4. The SMILES string of the molecule is CCOC(CN(Cc1cccc2cn[nH]c12)C(=O)C(Cc1ccc(OC(C)(C)C)cc1)NC(=O)OCc1ccccc1)OCC. The van der Waals surface area contributed by atoms with E-state index in [1.54, 1.807) is 11.1 Å². The molecule has 240 valence electrons. The van der Waals surface area contributed by atoms with Crippen LogP contribution in [0.2, 0.25) is 0 Å². The highest BCUT2D eigenvalue weighted by Gasteiger charge is 2.30. The van der Waals surface area contributed by atoms with Crippen LogP contribution in [-0.4, -0.2) is 64.8 Å². The van der Waals surface area contributed by atoms with Crippen LogP contribution in [0.25, 0.3) is 10.9 Å². The van der Waals surface area contributed by atoms with Crippen molar-refractivity contribution in [3.05, 3.63) is 95.7 Å². The number of aromatic nitrogens is 2. The molecular weight excluding hydrogens is 572 g/mol. The summed E-state index contributed by atoms with van der Waals surface area (Å²) in [5.41, 5.74) is 3.05. The Morgan fingerprint density at radius 3 is 2.29 bits per heavy atom. The van der Waals surface area contributed by atoms with Crippen LogP contribution in [0.4, 0.5) is 4.79 Å². The number of carbonyl (C=O) groups excluding carboxylic acids is 2. The van der Waals surface area contributed by atoms with E-state index in [2.05, 4.69) is 15.5 Å². The van der Waals surface area contributed by atoms with Gasteiger partial charge in [0.15, 0.2) is 6.29 Å². The molecule has 1 atom stereocenters. The van der Waals surface area contributed by atoms with E-state index >= 15 is 0 Å². The maximum Gasteiger partial charge on any atom is 0.408 e. The van der Waals surface area contributed by atoms with Crippen LogP contribution in [0, 0.1) is 0 Å². The number of hydrogen-bond donors (Lipinski definition) is 2. The molecule has 0 bridgehead atoms. The highest BCUT2D eigenvalue weighted by atomic mass is 16.7. The molecule has 1 aromatic heterocycles. The molecule has 0 saturated heterocycles. The molecule has 10 heteroatoms. The first-order chi connectivity index (χ1) is 21.6. The number of hydrogen-bond acceptors (Lipinski definition) is 7. The number of para-hydroxylation sites is 1. The van der Waals surface area contributed by atoms with E-state index in [4.69, 9.17) is 18.9 Å². The lowest BCUT2D eigenvalue weighted by molar-refractivity contribution is -0.160. The number of benzene rings is 3. The van der Waals surface area contributed by atoms with Crippen molar-refractivity contribution in [1.29, 1.82) is 0 Å². The number of carbonyl (C=O) groups is 2.